The number of methoxy groups -OCH3 is 2. The van der Waals surface area contributed by atoms with Gasteiger partial charge in [-0.25, -0.2) is 4.98 Å². The van der Waals surface area contributed by atoms with Gasteiger partial charge in [0.15, 0.2) is 11.5 Å². The number of halogens is 2. The van der Waals surface area contributed by atoms with E-state index in [1.807, 2.05) is 24.3 Å². The summed E-state index contributed by atoms with van der Waals surface area (Å²) in [5.41, 5.74) is 2.35. The number of pyridine rings is 1. The van der Waals surface area contributed by atoms with Crippen molar-refractivity contribution in [2.45, 2.75) is 31.7 Å². The number of ether oxygens (including phenoxy) is 4. The third kappa shape index (κ3) is 6.63. The molecule has 0 radical (unpaired) electrons. The van der Waals surface area contributed by atoms with Crippen LogP contribution < -0.4 is 25.1 Å². The summed E-state index contributed by atoms with van der Waals surface area (Å²) in [7, 11) is 3.37. The number of piperidine rings is 1. The molecule has 3 aromatic rings. The van der Waals surface area contributed by atoms with Gasteiger partial charge in [-0.05, 0) is 25.1 Å². The lowest BCUT2D eigenvalue weighted by molar-refractivity contribution is 0.00440. The van der Waals surface area contributed by atoms with Crippen LogP contribution in [-0.4, -0.2) is 78.6 Å². The van der Waals surface area contributed by atoms with Crippen LogP contribution in [0.1, 0.15) is 12.1 Å². The largest absolute Gasteiger partial charge is 0.497 e. The van der Waals surface area contributed by atoms with Crippen LogP contribution in [-0.2, 0) is 17.8 Å². The van der Waals surface area contributed by atoms with Gasteiger partial charge in [-0.15, -0.1) is 24.8 Å². The highest BCUT2D eigenvalue weighted by atomic mass is 35.5. The Morgan fingerprint density at radius 2 is 1.86 bits per heavy atom. The van der Waals surface area contributed by atoms with Crippen molar-refractivity contribution >= 4 is 35.8 Å². The van der Waals surface area contributed by atoms with E-state index in [-0.39, 0.29) is 42.5 Å². The summed E-state index contributed by atoms with van der Waals surface area (Å²) in [6, 6.07) is 7.73. The Hall–Kier alpha value is -2.63. The van der Waals surface area contributed by atoms with E-state index in [4.69, 9.17) is 18.9 Å². The number of rotatable bonds is 8. The van der Waals surface area contributed by atoms with Crippen LogP contribution in [0.15, 0.2) is 41.5 Å². The molecule has 0 saturated carbocycles. The van der Waals surface area contributed by atoms with Crippen molar-refractivity contribution in [1.29, 1.82) is 0 Å². The van der Waals surface area contributed by atoms with Gasteiger partial charge in [0, 0.05) is 51.5 Å². The third-order valence-corrected chi connectivity index (χ3v) is 6.67. The zero-order valence-corrected chi connectivity index (χ0v) is 22.6. The van der Waals surface area contributed by atoms with Crippen LogP contribution in [0.25, 0.3) is 11.0 Å². The van der Waals surface area contributed by atoms with Crippen LogP contribution in [0.3, 0.4) is 0 Å². The van der Waals surface area contributed by atoms with E-state index < -0.39 is 0 Å². The molecule has 4 heterocycles. The third-order valence-electron chi connectivity index (χ3n) is 6.67. The van der Waals surface area contributed by atoms with E-state index in [1.165, 1.54) is 6.20 Å². The first kappa shape index (κ1) is 28.9. The summed E-state index contributed by atoms with van der Waals surface area (Å²) in [6.07, 6.45) is 4.08. The van der Waals surface area contributed by atoms with Crippen LogP contribution in [0.2, 0.25) is 0 Å². The molecule has 1 N–H and O–H groups in total. The molecule has 0 spiro atoms. The Balaban J connectivity index is 0.00000190. The van der Waals surface area contributed by atoms with Crippen LogP contribution in [0.4, 0.5) is 0 Å². The number of aromatic nitrogens is 3. The van der Waals surface area contributed by atoms with Crippen LogP contribution in [0, 0.1) is 0 Å². The average Bonchev–Trinajstić information content (AvgIpc) is 2.91. The van der Waals surface area contributed by atoms with Crippen molar-refractivity contribution < 1.29 is 18.9 Å². The minimum absolute atomic E-state index is 0. The van der Waals surface area contributed by atoms with Gasteiger partial charge in [0.2, 0.25) is 0 Å². The summed E-state index contributed by atoms with van der Waals surface area (Å²) in [4.78, 5) is 23.7. The first-order chi connectivity index (χ1) is 17.1. The molecule has 0 bridgehead atoms. The van der Waals surface area contributed by atoms with E-state index in [9.17, 15) is 4.79 Å². The fraction of sp³-hybridized carbons (Fsp3) is 0.480. The highest BCUT2D eigenvalue weighted by molar-refractivity contribution is 5.85. The molecule has 12 heteroatoms. The van der Waals surface area contributed by atoms with E-state index in [0.29, 0.717) is 37.8 Å². The normalized spacial score (nSPS) is 19.1. The number of hydrogen-bond acceptors (Lipinski definition) is 9. The van der Waals surface area contributed by atoms with E-state index in [1.54, 1.807) is 25.0 Å². The minimum Gasteiger partial charge on any atom is -0.497 e. The summed E-state index contributed by atoms with van der Waals surface area (Å²) >= 11 is 0. The predicted molar refractivity (Wildman–Crippen MR) is 145 cm³/mol. The zero-order valence-electron chi connectivity index (χ0n) is 20.9. The Bertz CT molecular complexity index is 1240. The Morgan fingerprint density at radius 3 is 2.65 bits per heavy atom. The Morgan fingerprint density at radius 1 is 1.05 bits per heavy atom. The first-order valence-corrected chi connectivity index (χ1v) is 11.9. The number of benzene rings is 1. The molecule has 5 rings (SSSR count). The van der Waals surface area contributed by atoms with Gasteiger partial charge in [0.1, 0.15) is 19.0 Å². The molecule has 202 valence electrons. The van der Waals surface area contributed by atoms with Crippen LogP contribution in [0.5, 0.6) is 17.2 Å². The Kier molecular flexibility index (Phi) is 10.4. The highest BCUT2D eigenvalue weighted by Crippen LogP contribution is 2.29. The van der Waals surface area contributed by atoms with Crippen molar-refractivity contribution in [3.63, 3.8) is 0 Å². The molecule has 10 nitrogen and oxygen atoms in total. The quantitative estimate of drug-likeness (QED) is 0.450. The molecule has 0 amide bonds. The molecule has 1 saturated heterocycles. The smallest absolute Gasteiger partial charge is 0.269 e. The average molecular weight is 554 g/mol. The van der Waals surface area contributed by atoms with E-state index >= 15 is 0 Å². The molecule has 37 heavy (non-hydrogen) atoms. The molecular weight excluding hydrogens is 521 g/mol. The number of likely N-dealkylation sites (tertiary alicyclic amines) is 1. The van der Waals surface area contributed by atoms with Gasteiger partial charge >= 0.3 is 0 Å². The minimum atomic E-state index is -0.113. The lowest BCUT2D eigenvalue weighted by Crippen LogP contribution is -2.53. The second-order valence-electron chi connectivity index (χ2n) is 8.77. The lowest BCUT2D eigenvalue weighted by atomic mass is 10.0. The molecule has 2 aromatic heterocycles. The summed E-state index contributed by atoms with van der Waals surface area (Å²) in [5, 5.41) is 3.60. The first-order valence-electron chi connectivity index (χ1n) is 11.9. The lowest BCUT2D eigenvalue weighted by Gasteiger charge is -2.38. The summed E-state index contributed by atoms with van der Waals surface area (Å²) in [6.45, 7) is 4.75. The molecule has 0 aliphatic carbocycles. The molecule has 2 aliphatic rings. The monoisotopic (exact) mass is 553 g/mol. The molecular formula is C25H33Cl2N5O5. The number of nitrogens with zero attached hydrogens (tertiary/aromatic N) is 4. The number of hydrogen-bond donors (Lipinski definition) is 1. The van der Waals surface area contributed by atoms with Crippen molar-refractivity contribution in [1.82, 2.24) is 24.8 Å². The predicted octanol–water partition coefficient (Wildman–Crippen LogP) is 2.29. The SMILES string of the molecule is COc1ccc2ncc(=O)n(CCN3CC[C@@H](NCc4cc5c(cn4)OCCO5)[C@@H](OC)C3)c2c1.Cl.Cl. The van der Waals surface area contributed by atoms with E-state index in [0.717, 1.165) is 48.5 Å². The second-order valence-corrected chi connectivity index (χ2v) is 8.77. The zero-order chi connectivity index (χ0) is 24.2. The molecule has 1 aromatic carbocycles. The number of nitrogens with one attached hydrogen (secondary N) is 1. The number of fused-ring (bicyclic) bond motifs is 2. The molecule has 2 atom stereocenters. The van der Waals surface area contributed by atoms with Gasteiger partial charge in [-0.1, -0.05) is 0 Å². The standard InChI is InChI=1S/C25H31N5O5.2ClH/c1-32-18-3-4-19-21(12-18)30(25(31)15-28-19)8-7-29-6-5-20(24(16-29)33-2)27-13-17-11-22-23(14-26-17)35-10-9-34-22;;/h3-4,11-12,14-15,20,24,27H,5-10,13,16H2,1-2H3;2*1H/t20-,24+;;/m1../s1. The van der Waals surface area contributed by atoms with Gasteiger partial charge in [-0.3, -0.25) is 14.7 Å². The van der Waals surface area contributed by atoms with Crippen LogP contribution >= 0.6 is 24.8 Å². The summed E-state index contributed by atoms with van der Waals surface area (Å²) in [5.74, 6) is 2.15. The van der Waals surface area contributed by atoms with Crippen molar-refractivity contribution in [2.75, 3.05) is 47.1 Å². The van der Waals surface area contributed by atoms with Gasteiger partial charge < -0.3 is 28.8 Å². The maximum Gasteiger partial charge on any atom is 0.269 e. The fourth-order valence-electron chi connectivity index (χ4n) is 4.72. The summed E-state index contributed by atoms with van der Waals surface area (Å²) < 4.78 is 24.1. The molecule has 2 aliphatic heterocycles. The molecule has 0 unspecified atom stereocenters. The van der Waals surface area contributed by atoms with Gasteiger partial charge in [0.05, 0.1) is 42.3 Å². The Labute approximate surface area is 228 Å². The molecule has 1 fully saturated rings. The van der Waals surface area contributed by atoms with Gasteiger partial charge in [-0.2, -0.15) is 0 Å². The van der Waals surface area contributed by atoms with Gasteiger partial charge in [0.25, 0.3) is 5.56 Å². The fourth-order valence-corrected chi connectivity index (χ4v) is 4.72. The topological polar surface area (TPSA) is 100.0 Å². The van der Waals surface area contributed by atoms with Crippen molar-refractivity contribution in [3.05, 3.63) is 52.7 Å². The second kappa shape index (κ2) is 13.3. The van der Waals surface area contributed by atoms with E-state index in [2.05, 4.69) is 20.2 Å². The van der Waals surface area contributed by atoms with Crippen molar-refractivity contribution in [3.8, 4) is 17.2 Å². The maximum atomic E-state index is 12.6. The van der Waals surface area contributed by atoms with Crippen molar-refractivity contribution in [2.24, 2.45) is 0 Å². The highest BCUT2D eigenvalue weighted by Gasteiger charge is 2.29. The maximum absolute atomic E-state index is 12.6.